The first-order chi connectivity index (χ1) is 9.07. The molecule has 0 saturated carbocycles. The van der Waals surface area contributed by atoms with Crippen LogP contribution in [0.5, 0.6) is 0 Å². The molecule has 19 heavy (non-hydrogen) atoms. The molecule has 1 saturated heterocycles. The van der Waals surface area contributed by atoms with E-state index in [1.165, 1.54) is 25.7 Å². The molecule has 0 radical (unpaired) electrons. The molecule has 1 heterocycles. The number of likely N-dealkylation sites (tertiary alicyclic amines) is 1. The third kappa shape index (κ3) is 4.46. The van der Waals surface area contributed by atoms with Crippen LogP contribution in [0.15, 0.2) is 0 Å². The fourth-order valence-corrected chi connectivity index (χ4v) is 2.85. The van der Waals surface area contributed by atoms with E-state index in [1.807, 2.05) is 20.9 Å². The van der Waals surface area contributed by atoms with Crippen molar-refractivity contribution in [1.29, 1.82) is 0 Å². The third-order valence-corrected chi connectivity index (χ3v) is 4.27. The zero-order valence-corrected chi connectivity index (χ0v) is 13.0. The molecule has 112 valence electrons. The Kier molecular flexibility index (Phi) is 6.80. The molecule has 0 aromatic heterocycles. The first kappa shape index (κ1) is 16.4. The summed E-state index contributed by atoms with van der Waals surface area (Å²) in [7, 11) is 1.84. The highest BCUT2D eigenvalue weighted by atomic mass is 16.5. The van der Waals surface area contributed by atoms with E-state index >= 15 is 0 Å². The third-order valence-electron chi connectivity index (χ3n) is 4.27. The lowest BCUT2D eigenvalue weighted by atomic mass is 9.99. The number of likely N-dealkylation sites (N-methyl/N-ethyl adjacent to an activating group) is 1. The van der Waals surface area contributed by atoms with Gasteiger partial charge in [0, 0.05) is 12.6 Å². The molecule has 1 aliphatic heterocycles. The maximum atomic E-state index is 12.1. The van der Waals surface area contributed by atoms with E-state index in [2.05, 4.69) is 17.1 Å². The van der Waals surface area contributed by atoms with Crippen molar-refractivity contribution in [2.45, 2.75) is 64.5 Å². The van der Waals surface area contributed by atoms with Gasteiger partial charge in [-0.25, -0.2) is 0 Å². The molecule has 2 unspecified atom stereocenters. The maximum Gasteiger partial charge on any atom is 0.327 e. The van der Waals surface area contributed by atoms with Crippen LogP contribution in [0.2, 0.25) is 0 Å². The molecule has 1 aliphatic rings. The van der Waals surface area contributed by atoms with E-state index < -0.39 is 5.54 Å². The van der Waals surface area contributed by atoms with Crippen molar-refractivity contribution < 1.29 is 9.53 Å². The molecular weight excluding hydrogens is 240 g/mol. The van der Waals surface area contributed by atoms with Gasteiger partial charge in [0.2, 0.25) is 0 Å². The smallest absolute Gasteiger partial charge is 0.327 e. The molecule has 2 atom stereocenters. The summed E-state index contributed by atoms with van der Waals surface area (Å²) in [6.07, 6.45) is 6.26. The average Bonchev–Trinajstić information content (AvgIpc) is 2.63. The first-order valence-electron chi connectivity index (χ1n) is 7.67. The largest absolute Gasteiger partial charge is 0.465 e. The van der Waals surface area contributed by atoms with Gasteiger partial charge in [0.15, 0.2) is 0 Å². The highest BCUT2D eigenvalue weighted by molar-refractivity contribution is 5.80. The number of nitrogens with zero attached hydrogens (tertiary/aromatic N) is 1. The Labute approximate surface area is 117 Å². The molecule has 4 nitrogen and oxygen atoms in total. The number of ether oxygens (including phenoxy) is 1. The van der Waals surface area contributed by atoms with E-state index in [9.17, 15) is 4.79 Å². The fraction of sp³-hybridized carbons (Fsp3) is 0.933. The molecule has 1 N–H and O–H groups in total. The minimum Gasteiger partial charge on any atom is -0.465 e. The number of rotatable bonds is 6. The van der Waals surface area contributed by atoms with Crippen LogP contribution in [0.4, 0.5) is 0 Å². The number of hydrogen-bond donors (Lipinski definition) is 1. The average molecular weight is 270 g/mol. The van der Waals surface area contributed by atoms with Crippen LogP contribution in [-0.2, 0) is 9.53 Å². The first-order valence-corrected chi connectivity index (χ1v) is 7.67. The van der Waals surface area contributed by atoms with E-state index in [-0.39, 0.29) is 5.97 Å². The Morgan fingerprint density at radius 3 is 2.68 bits per heavy atom. The zero-order valence-electron chi connectivity index (χ0n) is 13.0. The second-order valence-corrected chi connectivity index (χ2v) is 5.68. The molecule has 4 heteroatoms. The van der Waals surface area contributed by atoms with Gasteiger partial charge in [0.25, 0.3) is 0 Å². The number of carbonyl (C=O) groups is 1. The van der Waals surface area contributed by atoms with Gasteiger partial charge in [-0.1, -0.05) is 19.8 Å². The SMILES string of the molecule is CCOC(=O)C(C)(CN1CCCCCC1CC)NC. The molecule has 0 bridgehead atoms. The van der Waals surface area contributed by atoms with Crippen LogP contribution in [-0.4, -0.2) is 49.2 Å². The normalized spacial score (nSPS) is 24.5. The summed E-state index contributed by atoms with van der Waals surface area (Å²) in [6, 6.07) is 0.601. The molecule has 0 aliphatic carbocycles. The van der Waals surface area contributed by atoms with Gasteiger partial charge in [-0.3, -0.25) is 9.69 Å². The highest BCUT2D eigenvalue weighted by Gasteiger charge is 2.36. The van der Waals surface area contributed by atoms with Crippen molar-refractivity contribution in [2.75, 3.05) is 26.7 Å². The predicted octanol–water partition coefficient (Wildman–Crippen LogP) is 2.18. The van der Waals surface area contributed by atoms with Crippen LogP contribution in [0.3, 0.4) is 0 Å². The van der Waals surface area contributed by atoms with Gasteiger partial charge in [-0.2, -0.15) is 0 Å². The van der Waals surface area contributed by atoms with Crippen LogP contribution in [0.25, 0.3) is 0 Å². The van der Waals surface area contributed by atoms with Crippen molar-refractivity contribution in [3.05, 3.63) is 0 Å². The van der Waals surface area contributed by atoms with Crippen molar-refractivity contribution in [1.82, 2.24) is 10.2 Å². The second-order valence-electron chi connectivity index (χ2n) is 5.68. The van der Waals surface area contributed by atoms with E-state index in [0.29, 0.717) is 12.6 Å². The Morgan fingerprint density at radius 2 is 2.11 bits per heavy atom. The van der Waals surface area contributed by atoms with Crippen molar-refractivity contribution in [2.24, 2.45) is 0 Å². The molecule has 0 spiro atoms. The molecule has 0 amide bonds. The molecule has 0 aromatic rings. The topological polar surface area (TPSA) is 41.6 Å². The standard InChI is InChI=1S/C15H30N2O2/c1-5-13-10-8-7-9-11-17(13)12-15(3,16-4)14(18)19-6-2/h13,16H,5-12H2,1-4H3. The number of hydrogen-bond acceptors (Lipinski definition) is 4. The second kappa shape index (κ2) is 7.85. The minimum atomic E-state index is -0.603. The Hall–Kier alpha value is -0.610. The van der Waals surface area contributed by atoms with Crippen LogP contribution >= 0.6 is 0 Å². The van der Waals surface area contributed by atoms with E-state index in [4.69, 9.17) is 4.74 Å². The van der Waals surface area contributed by atoms with E-state index in [1.54, 1.807) is 0 Å². The monoisotopic (exact) mass is 270 g/mol. The Balaban J connectivity index is 2.73. The summed E-state index contributed by atoms with van der Waals surface area (Å²) in [5.41, 5.74) is -0.603. The predicted molar refractivity (Wildman–Crippen MR) is 78.2 cm³/mol. The van der Waals surface area contributed by atoms with Gasteiger partial charge in [0.1, 0.15) is 5.54 Å². The van der Waals surface area contributed by atoms with Crippen molar-refractivity contribution >= 4 is 5.97 Å². The Morgan fingerprint density at radius 1 is 1.37 bits per heavy atom. The fourth-order valence-electron chi connectivity index (χ4n) is 2.85. The van der Waals surface area contributed by atoms with Crippen LogP contribution in [0, 0.1) is 0 Å². The quantitative estimate of drug-likeness (QED) is 0.751. The van der Waals surface area contributed by atoms with Crippen LogP contribution in [0.1, 0.15) is 52.9 Å². The van der Waals surface area contributed by atoms with Gasteiger partial charge in [-0.15, -0.1) is 0 Å². The van der Waals surface area contributed by atoms with Gasteiger partial charge >= 0.3 is 5.97 Å². The highest BCUT2D eigenvalue weighted by Crippen LogP contribution is 2.21. The lowest BCUT2D eigenvalue weighted by molar-refractivity contribution is -0.151. The van der Waals surface area contributed by atoms with Gasteiger partial charge in [0.05, 0.1) is 6.61 Å². The van der Waals surface area contributed by atoms with Gasteiger partial charge < -0.3 is 10.1 Å². The zero-order chi connectivity index (χ0) is 14.3. The lowest BCUT2D eigenvalue weighted by Crippen LogP contribution is -2.57. The molecule has 1 rings (SSSR count). The van der Waals surface area contributed by atoms with Crippen LogP contribution < -0.4 is 5.32 Å². The van der Waals surface area contributed by atoms with Crippen molar-refractivity contribution in [3.8, 4) is 0 Å². The summed E-state index contributed by atoms with van der Waals surface area (Å²) in [5.74, 6) is -0.142. The molecule has 1 fully saturated rings. The summed E-state index contributed by atoms with van der Waals surface area (Å²) in [4.78, 5) is 14.6. The lowest BCUT2D eigenvalue weighted by Gasteiger charge is -2.37. The number of nitrogens with one attached hydrogen (secondary N) is 1. The number of esters is 1. The maximum absolute atomic E-state index is 12.1. The van der Waals surface area contributed by atoms with Crippen molar-refractivity contribution in [3.63, 3.8) is 0 Å². The number of carbonyl (C=O) groups excluding carboxylic acids is 1. The summed E-state index contributed by atoms with van der Waals surface area (Å²) in [6.45, 7) is 8.31. The molecular formula is C15H30N2O2. The summed E-state index contributed by atoms with van der Waals surface area (Å²) < 4.78 is 5.21. The minimum absolute atomic E-state index is 0.142. The van der Waals surface area contributed by atoms with Gasteiger partial charge in [-0.05, 0) is 46.7 Å². The van der Waals surface area contributed by atoms with E-state index in [0.717, 1.165) is 19.5 Å². The summed E-state index contributed by atoms with van der Waals surface area (Å²) >= 11 is 0. The Bertz CT molecular complexity index is 283. The summed E-state index contributed by atoms with van der Waals surface area (Å²) in [5, 5.41) is 3.16. The molecule has 0 aromatic carbocycles.